The molecular formula is C16H16ClF2N. The standard InChI is InChI=1S/C16H16ClF2N/c1-3-20-9-12-8-11(5-7-14(12)17)13-6-4-10(2)15(18)16(13)19/h4-8,20H,3,9H2,1-2H3. The summed E-state index contributed by atoms with van der Waals surface area (Å²) in [7, 11) is 0. The fourth-order valence-electron chi connectivity index (χ4n) is 2.01. The molecule has 0 aliphatic rings. The third-order valence-electron chi connectivity index (χ3n) is 3.20. The molecule has 0 radical (unpaired) electrons. The number of hydrogen-bond donors (Lipinski definition) is 1. The van der Waals surface area contributed by atoms with E-state index in [0.717, 1.165) is 12.1 Å². The number of nitrogens with one attached hydrogen (secondary N) is 1. The van der Waals surface area contributed by atoms with E-state index in [1.54, 1.807) is 37.3 Å². The number of rotatable bonds is 4. The molecule has 2 aromatic carbocycles. The smallest absolute Gasteiger partial charge is 0.166 e. The van der Waals surface area contributed by atoms with Gasteiger partial charge in [-0.25, -0.2) is 8.78 Å². The summed E-state index contributed by atoms with van der Waals surface area (Å²) in [4.78, 5) is 0. The molecule has 20 heavy (non-hydrogen) atoms. The van der Waals surface area contributed by atoms with Crippen LogP contribution >= 0.6 is 11.6 Å². The lowest BCUT2D eigenvalue weighted by Crippen LogP contribution is -2.12. The Morgan fingerprint density at radius 2 is 1.85 bits per heavy atom. The van der Waals surface area contributed by atoms with E-state index >= 15 is 0 Å². The molecular weight excluding hydrogens is 280 g/mol. The van der Waals surface area contributed by atoms with Crippen molar-refractivity contribution in [3.63, 3.8) is 0 Å². The van der Waals surface area contributed by atoms with Crippen LogP contribution in [0.15, 0.2) is 30.3 Å². The van der Waals surface area contributed by atoms with Crippen molar-refractivity contribution in [3.05, 3.63) is 58.1 Å². The molecule has 4 heteroatoms. The van der Waals surface area contributed by atoms with Crippen LogP contribution in [-0.4, -0.2) is 6.54 Å². The average Bonchev–Trinajstić information content (AvgIpc) is 2.44. The number of aryl methyl sites for hydroxylation is 1. The van der Waals surface area contributed by atoms with Gasteiger partial charge in [0, 0.05) is 17.1 Å². The van der Waals surface area contributed by atoms with Gasteiger partial charge in [-0.2, -0.15) is 0 Å². The third kappa shape index (κ3) is 3.00. The summed E-state index contributed by atoms with van der Waals surface area (Å²) in [5.41, 5.74) is 2.04. The molecule has 2 aromatic rings. The van der Waals surface area contributed by atoms with Gasteiger partial charge in [-0.15, -0.1) is 0 Å². The molecule has 0 heterocycles. The van der Waals surface area contributed by atoms with Crippen LogP contribution < -0.4 is 5.32 Å². The highest BCUT2D eigenvalue weighted by Gasteiger charge is 2.13. The second kappa shape index (κ2) is 6.33. The molecule has 1 N–H and O–H groups in total. The molecule has 0 spiro atoms. The summed E-state index contributed by atoms with van der Waals surface area (Å²) in [5, 5.41) is 3.78. The molecule has 0 saturated heterocycles. The van der Waals surface area contributed by atoms with Gasteiger partial charge in [-0.3, -0.25) is 0 Å². The van der Waals surface area contributed by atoms with Crippen molar-refractivity contribution in [1.29, 1.82) is 0 Å². The Hall–Kier alpha value is -1.45. The molecule has 0 atom stereocenters. The van der Waals surface area contributed by atoms with Crippen molar-refractivity contribution in [3.8, 4) is 11.1 Å². The minimum atomic E-state index is -0.818. The number of benzene rings is 2. The summed E-state index contributed by atoms with van der Waals surface area (Å²) in [6.07, 6.45) is 0. The van der Waals surface area contributed by atoms with Gasteiger partial charge < -0.3 is 5.32 Å². The van der Waals surface area contributed by atoms with Crippen molar-refractivity contribution in [2.24, 2.45) is 0 Å². The van der Waals surface area contributed by atoms with Crippen molar-refractivity contribution in [2.45, 2.75) is 20.4 Å². The number of hydrogen-bond acceptors (Lipinski definition) is 1. The van der Waals surface area contributed by atoms with E-state index in [0.29, 0.717) is 22.7 Å². The summed E-state index contributed by atoms with van der Waals surface area (Å²) < 4.78 is 27.7. The maximum atomic E-state index is 14.0. The van der Waals surface area contributed by atoms with Crippen LogP contribution in [0.4, 0.5) is 8.78 Å². The van der Waals surface area contributed by atoms with Crippen LogP contribution in [0.2, 0.25) is 5.02 Å². The SMILES string of the molecule is CCNCc1cc(-c2ccc(C)c(F)c2F)ccc1Cl. The molecule has 0 aromatic heterocycles. The van der Waals surface area contributed by atoms with Crippen molar-refractivity contribution < 1.29 is 8.78 Å². The van der Waals surface area contributed by atoms with Gasteiger partial charge in [0.15, 0.2) is 11.6 Å². The normalized spacial score (nSPS) is 10.8. The quantitative estimate of drug-likeness (QED) is 0.862. The Kier molecular flexibility index (Phi) is 4.73. The lowest BCUT2D eigenvalue weighted by molar-refractivity contribution is 0.505. The van der Waals surface area contributed by atoms with Gasteiger partial charge in [0.05, 0.1) is 0 Å². The average molecular weight is 296 g/mol. The van der Waals surface area contributed by atoms with E-state index < -0.39 is 11.6 Å². The first-order valence-electron chi connectivity index (χ1n) is 6.48. The van der Waals surface area contributed by atoms with Crippen molar-refractivity contribution in [2.75, 3.05) is 6.54 Å². The van der Waals surface area contributed by atoms with Gasteiger partial charge in [-0.1, -0.05) is 36.7 Å². The second-order valence-corrected chi connectivity index (χ2v) is 5.05. The van der Waals surface area contributed by atoms with Gasteiger partial charge in [0.2, 0.25) is 0 Å². The van der Waals surface area contributed by atoms with Gasteiger partial charge in [-0.05, 0) is 42.3 Å². The molecule has 106 valence electrons. The van der Waals surface area contributed by atoms with Crippen LogP contribution in [-0.2, 0) is 6.54 Å². The van der Waals surface area contributed by atoms with Gasteiger partial charge >= 0.3 is 0 Å². The molecule has 0 fully saturated rings. The first-order chi connectivity index (χ1) is 9.54. The lowest BCUT2D eigenvalue weighted by atomic mass is 10.0. The zero-order valence-electron chi connectivity index (χ0n) is 11.4. The monoisotopic (exact) mass is 295 g/mol. The highest BCUT2D eigenvalue weighted by atomic mass is 35.5. The van der Waals surface area contributed by atoms with Crippen LogP contribution in [0, 0.1) is 18.6 Å². The Labute approximate surface area is 122 Å². The second-order valence-electron chi connectivity index (χ2n) is 4.64. The minimum Gasteiger partial charge on any atom is -0.313 e. The fourth-order valence-corrected chi connectivity index (χ4v) is 2.19. The molecule has 0 saturated carbocycles. The molecule has 0 unspecified atom stereocenters. The van der Waals surface area contributed by atoms with Crippen LogP contribution in [0.5, 0.6) is 0 Å². The van der Waals surface area contributed by atoms with Crippen LogP contribution in [0.1, 0.15) is 18.1 Å². The first kappa shape index (κ1) is 14.9. The molecule has 0 amide bonds. The highest BCUT2D eigenvalue weighted by molar-refractivity contribution is 6.31. The van der Waals surface area contributed by atoms with E-state index in [1.807, 2.05) is 6.92 Å². The van der Waals surface area contributed by atoms with E-state index in [1.165, 1.54) is 0 Å². The van der Waals surface area contributed by atoms with E-state index in [-0.39, 0.29) is 5.56 Å². The van der Waals surface area contributed by atoms with Crippen molar-refractivity contribution >= 4 is 11.6 Å². The highest BCUT2D eigenvalue weighted by Crippen LogP contribution is 2.29. The lowest BCUT2D eigenvalue weighted by Gasteiger charge is -2.10. The van der Waals surface area contributed by atoms with Gasteiger partial charge in [0.1, 0.15) is 0 Å². The van der Waals surface area contributed by atoms with E-state index in [2.05, 4.69) is 5.32 Å². The van der Waals surface area contributed by atoms with Gasteiger partial charge in [0.25, 0.3) is 0 Å². The maximum absolute atomic E-state index is 14.0. The molecule has 0 bridgehead atoms. The molecule has 2 rings (SSSR count). The number of halogens is 3. The predicted molar refractivity (Wildman–Crippen MR) is 78.9 cm³/mol. The summed E-state index contributed by atoms with van der Waals surface area (Å²) in [6, 6.07) is 8.37. The fraction of sp³-hybridized carbons (Fsp3) is 0.250. The summed E-state index contributed by atoms with van der Waals surface area (Å²) >= 11 is 6.11. The topological polar surface area (TPSA) is 12.0 Å². The zero-order valence-corrected chi connectivity index (χ0v) is 12.2. The van der Waals surface area contributed by atoms with Crippen LogP contribution in [0.25, 0.3) is 11.1 Å². The predicted octanol–water partition coefficient (Wildman–Crippen LogP) is 4.70. The molecule has 0 aliphatic carbocycles. The summed E-state index contributed by atoms with van der Waals surface area (Å²) in [6.45, 7) is 4.95. The Morgan fingerprint density at radius 1 is 1.10 bits per heavy atom. The summed E-state index contributed by atoms with van der Waals surface area (Å²) in [5.74, 6) is -1.62. The van der Waals surface area contributed by atoms with E-state index in [4.69, 9.17) is 11.6 Å². The maximum Gasteiger partial charge on any atom is 0.166 e. The molecule has 0 aliphatic heterocycles. The zero-order chi connectivity index (χ0) is 14.7. The molecule has 1 nitrogen and oxygen atoms in total. The Balaban J connectivity index is 2.45. The first-order valence-corrected chi connectivity index (χ1v) is 6.86. The largest absolute Gasteiger partial charge is 0.313 e. The Morgan fingerprint density at radius 3 is 2.55 bits per heavy atom. The van der Waals surface area contributed by atoms with E-state index in [9.17, 15) is 8.78 Å². The van der Waals surface area contributed by atoms with Crippen LogP contribution in [0.3, 0.4) is 0 Å². The third-order valence-corrected chi connectivity index (χ3v) is 3.57. The Bertz CT molecular complexity index is 626. The minimum absolute atomic E-state index is 0.252. The van der Waals surface area contributed by atoms with Crippen molar-refractivity contribution in [1.82, 2.24) is 5.32 Å².